The van der Waals surface area contributed by atoms with Crippen molar-refractivity contribution < 1.29 is 13.2 Å². The van der Waals surface area contributed by atoms with Gasteiger partial charge in [-0.05, 0) is 18.6 Å². The maximum Gasteiger partial charge on any atom is 0.245 e. The van der Waals surface area contributed by atoms with Crippen LogP contribution in [0.4, 0.5) is 5.69 Å². The highest BCUT2D eigenvalue weighted by Gasteiger charge is 2.26. The van der Waals surface area contributed by atoms with E-state index in [1.54, 1.807) is 7.11 Å². The summed E-state index contributed by atoms with van der Waals surface area (Å²) < 4.78 is 30.8. The largest absolute Gasteiger partial charge is 0.399 e. The van der Waals surface area contributed by atoms with Gasteiger partial charge in [0.05, 0.1) is 10.0 Å². The van der Waals surface area contributed by atoms with Crippen molar-refractivity contribution in [2.45, 2.75) is 11.3 Å². The quantitative estimate of drug-likeness (QED) is 0.642. The number of benzene rings is 1. The van der Waals surface area contributed by atoms with E-state index in [4.69, 9.17) is 33.7 Å². The maximum absolute atomic E-state index is 12.4. The molecule has 0 aromatic heterocycles. The minimum absolute atomic E-state index is 0.0172. The Hall–Kier alpha value is -0.530. The van der Waals surface area contributed by atoms with Gasteiger partial charge >= 0.3 is 0 Å². The molecule has 0 atom stereocenters. The van der Waals surface area contributed by atoms with Gasteiger partial charge in [0.2, 0.25) is 10.0 Å². The molecule has 1 aromatic rings. The Balaban J connectivity index is 3.07. The molecule has 5 nitrogen and oxygen atoms in total. The monoisotopic (exact) mass is 326 g/mol. The summed E-state index contributed by atoms with van der Waals surface area (Å²) in [5.74, 6) is 0. The van der Waals surface area contributed by atoms with Gasteiger partial charge in [0.1, 0.15) is 4.90 Å². The summed E-state index contributed by atoms with van der Waals surface area (Å²) in [7, 11) is -0.715. The van der Waals surface area contributed by atoms with Crippen molar-refractivity contribution in [2.75, 3.05) is 33.0 Å². The molecule has 0 amide bonds. The van der Waals surface area contributed by atoms with E-state index in [0.717, 1.165) is 0 Å². The zero-order valence-corrected chi connectivity index (χ0v) is 13.0. The van der Waals surface area contributed by atoms with E-state index in [0.29, 0.717) is 25.3 Å². The van der Waals surface area contributed by atoms with Crippen molar-refractivity contribution in [3.63, 3.8) is 0 Å². The summed E-state index contributed by atoms with van der Waals surface area (Å²) in [5, 5.41) is 0.0344. The Labute approximate surface area is 123 Å². The van der Waals surface area contributed by atoms with Gasteiger partial charge < -0.3 is 10.5 Å². The number of nitrogen functional groups attached to an aromatic ring is 1. The fourth-order valence-electron chi connectivity index (χ4n) is 1.53. The lowest BCUT2D eigenvalue weighted by atomic mass is 10.3. The van der Waals surface area contributed by atoms with Crippen LogP contribution in [0.3, 0.4) is 0 Å². The highest BCUT2D eigenvalue weighted by Crippen LogP contribution is 2.33. The van der Waals surface area contributed by atoms with Crippen LogP contribution in [0.15, 0.2) is 17.0 Å². The van der Waals surface area contributed by atoms with Gasteiger partial charge in [-0.1, -0.05) is 23.2 Å². The van der Waals surface area contributed by atoms with Crippen molar-refractivity contribution in [1.29, 1.82) is 0 Å². The molecule has 0 bridgehead atoms. The number of nitrogens with zero attached hydrogens (tertiary/aromatic N) is 1. The summed E-state index contributed by atoms with van der Waals surface area (Å²) in [4.78, 5) is -0.120. The second kappa shape index (κ2) is 6.76. The Morgan fingerprint density at radius 2 is 1.84 bits per heavy atom. The highest BCUT2D eigenvalue weighted by molar-refractivity contribution is 7.89. The summed E-state index contributed by atoms with van der Waals surface area (Å²) >= 11 is 11.9. The second-order valence-electron chi connectivity index (χ2n) is 3.99. The van der Waals surface area contributed by atoms with Gasteiger partial charge in [0, 0.05) is 33.0 Å². The summed E-state index contributed by atoms with van der Waals surface area (Å²) in [6.07, 6.45) is 0.580. The normalized spacial score (nSPS) is 12.1. The molecule has 19 heavy (non-hydrogen) atoms. The predicted molar refractivity (Wildman–Crippen MR) is 77.2 cm³/mol. The maximum atomic E-state index is 12.4. The van der Waals surface area contributed by atoms with E-state index in [1.165, 1.54) is 23.5 Å². The van der Waals surface area contributed by atoms with Gasteiger partial charge in [-0.25, -0.2) is 12.7 Å². The molecule has 0 aliphatic rings. The molecular formula is C11H16Cl2N2O3S. The van der Waals surface area contributed by atoms with E-state index in [2.05, 4.69) is 0 Å². The van der Waals surface area contributed by atoms with Crippen LogP contribution >= 0.6 is 23.2 Å². The lowest BCUT2D eigenvalue weighted by Gasteiger charge is -2.19. The van der Waals surface area contributed by atoms with E-state index < -0.39 is 10.0 Å². The Kier molecular flexibility index (Phi) is 5.88. The number of anilines is 1. The van der Waals surface area contributed by atoms with Gasteiger partial charge in [0.15, 0.2) is 0 Å². The van der Waals surface area contributed by atoms with Crippen molar-refractivity contribution in [2.24, 2.45) is 0 Å². The van der Waals surface area contributed by atoms with E-state index in [9.17, 15) is 8.42 Å². The van der Waals surface area contributed by atoms with E-state index >= 15 is 0 Å². The third-order valence-corrected chi connectivity index (χ3v) is 5.29. The molecule has 1 rings (SSSR count). The Morgan fingerprint density at radius 3 is 2.32 bits per heavy atom. The molecule has 0 spiro atoms. The summed E-state index contributed by atoms with van der Waals surface area (Å²) in [6, 6.07) is 2.73. The number of hydrogen-bond donors (Lipinski definition) is 1. The minimum Gasteiger partial charge on any atom is -0.399 e. The van der Waals surface area contributed by atoms with E-state index in [1.807, 2.05) is 0 Å². The predicted octanol–water partition coefficient (Wildman–Crippen LogP) is 2.23. The molecular weight excluding hydrogens is 311 g/mol. The molecule has 0 unspecified atom stereocenters. The standard InChI is InChI=1S/C11H16Cl2N2O3S/c1-15(4-3-5-18-2)19(16,17)11-9(12)6-8(14)7-10(11)13/h6-7H,3-5,14H2,1-2H3. The summed E-state index contributed by atoms with van der Waals surface area (Å²) in [6.45, 7) is 0.788. The van der Waals surface area contributed by atoms with Crippen LogP contribution in [0, 0.1) is 0 Å². The Morgan fingerprint density at radius 1 is 1.32 bits per heavy atom. The third kappa shape index (κ3) is 3.97. The van der Waals surface area contributed by atoms with Crippen molar-refractivity contribution in [1.82, 2.24) is 4.31 Å². The fraction of sp³-hybridized carbons (Fsp3) is 0.455. The molecule has 2 N–H and O–H groups in total. The van der Waals surface area contributed by atoms with Crippen LogP contribution in [-0.2, 0) is 14.8 Å². The first kappa shape index (κ1) is 16.5. The second-order valence-corrected chi connectivity index (χ2v) is 6.78. The number of halogens is 2. The topological polar surface area (TPSA) is 72.6 Å². The SMILES string of the molecule is COCCCN(C)S(=O)(=O)c1c(Cl)cc(N)cc1Cl. The molecule has 0 radical (unpaired) electrons. The lowest BCUT2D eigenvalue weighted by Crippen LogP contribution is -2.29. The van der Waals surface area contributed by atoms with Crippen LogP contribution in [0.1, 0.15) is 6.42 Å². The fourth-order valence-corrected chi connectivity index (χ4v) is 3.91. The van der Waals surface area contributed by atoms with Crippen molar-refractivity contribution in [3.8, 4) is 0 Å². The molecule has 0 aliphatic heterocycles. The first-order valence-electron chi connectivity index (χ1n) is 5.50. The first-order valence-corrected chi connectivity index (χ1v) is 7.70. The smallest absolute Gasteiger partial charge is 0.245 e. The van der Waals surface area contributed by atoms with Crippen LogP contribution in [0.5, 0.6) is 0 Å². The number of sulfonamides is 1. The molecule has 0 saturated heterocycles. The highest BCUT2D eigenvalue weighted by atomic mass is 35.5. The lowest BCUT2D eigenvalue weighted by molar-refractivity contribution is 0.189. The molecule has 0 fully saturated rings. The Bertz CT molecular complexity index is 526. The van der Waals surface area contributed by atoms with Gasteiger partial charge in [-0.3, -0.25) is 0 Å². The molecule has 8 heteroatoms. The zero-order chi connectivity index (χ0) is 14.6. The molecule has 0 aliphatic carbocycles. The van der Waals surface area contributed by atoms with Gasteiger partial charge in [-0.2, -0.15) is 0 Å². The van der Waals surface area contributed by atoms with Crippen molar-refractivity contribution in [3.05, 3.63) is 22.2 Å². The van der Waals surface area contributed by atoms with Crippen LogP contribution in [0.2, 0.25) is 10.0 Å². The molecule has 1 aromatic carbocycles. The number of hydrogen-bond acceptors (Lipinski definition) is 4. The van der Waals surface area contributed by atoms with Gasteiger partial charge in [-0.15, -0.1) is 0 Å². The van der Waals surface area contributed by atoms with Gasteiger partial charge in [0.25, 0.3) is 0 Å². The summed E-state index contributed by atoms with van der Waals surface area (Å²) in [5.41, 5.74) is 5.87. The third-order valence-electron chi connectivity index (χ3n) is 2.51. The molecule has 108 valence electrons. The molecule has 0 saturated carbocycles. The van der Waals surface area contributed by atoms with Crippen molar-refractivity contribution >= 4 is 38.9 Å². The van der Waals surface area contributed by atoms with Crippen LogP contribution in [-0.4, -0.2) is 40.0 Å². The molecule has 0 heterocycles. The minimum atomic E-state index is -3.74. The average molecular weight is 327 g/mol. The number of methoxy groups -OCH3 is 1. The average Bonchev–Trinajstić information content (AvgIpc) is 2.27. The number of nitrogens with two attached hydrogens (primary N) is 1. The number of rotatable bonds is 6. The number of ether oxygens (including phenoxy) is 1. The van der Waals surface area contributed by atoms with Crippen LogP contribution in [0.25, 0.3) is 0 Å². The van der Waals surface area contributed by atoms with Crippen LogP contribution < -0.4 is 5.73 Å². The first-order chi connectivity index (χ1) is 8.80. The van der Waals surface area contributed by atoms with E-state index in [-0.39, 0.29) is 14.9 Å². The zero-order valence-electron chi connectivity index (χ0n) is 10.7.